The van der Waals surface area contributed by atoms with E-state index in [0.717, 1.165) is 31.2 Å². The van der Waals surface area contributed by atoms with Crippen LogP contribution >= 0.6 is 0 Å². The summed E-state index contributed by atoms with van der Waals surface area (Å²) in [5.74, 6) is -2.07. The van der Waals surface area contributed by atoms with Crippen LogP contribution in [0.2, 0.25) is 0 Å². The second kappa shape index (κ2) is 14.8. The van der Waals surface area contributed by atoms with E-state index in [4.69, 9.17) is 15.2 Å². The van der Waals surface area contributed by atoms with Gasteiger partial charge >= 0.3 is 6.09 Å². The van der Waals surface area contributed by atoms with Crippen LogP contribution in [0.3, 0.4) is 0 Å². The predicted molar refractivity (Wildman–Crippen MR) is 159 cm³/mol. The number of nitrogens with two attached hydrogens (primary N) is 1. The van der Waals surface area contributed by atoms with Gasteiger partial charge in [0.2, 0.25) is 17.7 Å². The lowest BCUT2D eigenvalue weighted by Crippen LogP contribution is -2.58. The Kier molecular flexibility index (Phi) is 11.2. The Morgan fingerprint density at radius 2 is 1.79 bits per heavy atom. The summed E-state index contributed by atoms with van der Waals surface area (Å²) >= 11 is 0. The SMILES string of the molecule is CC1(C)C[C@H]2[C@H](CN3C(=O)[C@@H](NC(=O)OCc4ccccc4)CCCC/C=C/CCCC[C@@H](C(O)C(N)=O)NC(=O)[C@H]23)O1. The highest BCUT2D eigenvalue weighted by molar-refractivity contribution is 5.93. The first kappa shape index (κ1) is 32.5. The molecule has 2 fully saturated rings. The molecule has 5 N–H and O–H groups in total. The Morgan fingerprint density at radius 3 is 2.47 bits per heavy atom. The second-order valence-electron chi connectivity index (χ2n) is 12.5. The number of hydrogen-bond donors (Lipinski definition) is 4. The van der Waals surface area contributed by atoms with E-state index in [1.807, 2.05) is 44.2 Å². The molecule has 3 aliphatic rings. The standard InChI is InChI=1S/C32H46N4O7/c1-32(2)18-22-25(43-32)19-36-26(22)29(39)34-23(27(37)28(33)38)16-12-7-5-3-4-6-8-13-17-24(30(36)40)35-31(41)42-20-21-14-10-9-11-15-21/h3-4,9-11,14-15,22-27,37H,5-8,12-13,16-20H2,1-2H3,(H2,33,38)(H,34,39)(H,35,41)/b4-3+/t22-,23-,24-,25-,26-,27?/m0/s1. The summed E-state index contributed by atoms with van der Waals surface area (Å²) in [6.07, 6.45) is 7.52. The zero-order valence-electron chi connectivity index (χ0n) is 25.2. The molecule has 1 aromatic rings. The summed E-state index contributed by atoms with van der Waals surface area (Å²) in [4.78, 5) is 54.3. The van der Waals surface area contributed by atoms with Crippen LogP contribution in [0.1, 0.15) is 77.2 Å². The van der Waals surface area contributed by atoms with Crippen LogP contribution in [0.5, 0.6) is 0 Å². The van der Waals surface area contributed by atoms with E-state index >= 15 is 0 Å². The van der Waals surface area contributed by atoms with Gasteiger partial charge in [0.05, 0.1) is 17.7 Å². The lowest BCUT2D eigenvalue weighted by atomic mass is 9.89. The van der Waals surface area contributed by atoms with Gasteiger partial charge in [-0.15, -0.1) is 0 Å². The molecular formula is C32H46N4O7. The van der Waals surface area contributed by atoms with E-state index in [2.05, 4.69) is 22.8 Å². The largest absolute Gasteiger partial charge is 0.445 e. The number of alkyl carbamates (subject to hydrolysis) is 1. The van der Waals surface area contributed by atoms with Crippen LogP contribution < -0.4 is 16.4 Å². The van der Waals surface area contributed by atoms with Crippen molar-refractivity contribution in [3.8, 4) is 0 Å². The topological polar surface area (TPSA) is 160 Å². The molecule has 1 aromatic carbocycles. The van der Waals surface area contributed by atoms with Crippen LogP contribution in [0.4, 0.5) is 4.79 Å². The maximum absolute atomic E-state index is 14.1. The first-order valence-electron chi connectivity index (χ1n) is 15.4. The van der Waals surface area contributed by atoms with Crippen LogP contribution in [-0.4, -0.2) is 76.3 Å². The van der Waals surface area contributed by atoms with Gasteiger partial charge < -0.3 is 35.8 Å². The maximum atomic E-state index is 14.1. The van der Waals surface area contributed by atoms with Crippen molar-refractivity contribution in [1.29, 1.82) is 0 Å². The highest BCUT2D eigenvalue weighted by atomic mass is 16.5. The first-order chi connectivity index (χ1) is 20.6. The van der Waals surface area contributed by atoms with Gasteiger partial charge in [0.1, 0.15) is 18.7 Å². The van der Waals surface area contributed by atoms with Crippen LogP contribution in [0.15, 0.2) is 42.5 Å². The van der Waals surface area contributed by atoms with Crippen molar-refractivity contribution < 1.29 is 33.8 Å². The fourth-order valence-corrected chi connectivity index (χ4v) is 6.45. The quantitative estimate of drug-likeness (QED) is 0.379. The highest BCUT2D eigenvalue weighted by Crippen LogP contribution is 2.43. The van der Waals surface area contributed by atoms with Gasteiger partial charge in [0.15, 0.2) is 6.10 Å². The monoisotopic (exact) mass is 598 g/mol. The van der Waals surface area contributed by atoms with Crippen LogP contribution in [-0.2, 0) is 30.5 Å². The van der Waals surface area contributed by atoms with Crippen molar-refractivity contribution in [3.05, 3.63) is 48.0 Å². The summed E-state index contributed by atoms with van der Waals surface area (Å²) in [7, 11) is 0. The van der Waals surface area contributed by atoms with Gasteiger partial charge in [-0.05, 0) is 64.4 Å². The Bertz CT molecular complexity index is 1160. The highest BCUT2D eigenvalue weighted by Gasteiger charge is 2.56. The average Bonchev–Trinajstić information content (AvgIpc) is 3.46. The normalized spacial score (nSPS) is 29.8. The number of primary amides is 1. The number of amides is 4. The van der Waals surface area contributed by atoms with Gasteiger partial charge in [-0.1, -0.05) is 55.3 Å². The predicted octanol–water partition coefficient (Wildman–Crippen LogP) is 2.70. The Morgan fingerprint density at radius 1 is 1.12 bits per heavy atom. The molecule has 4 amide bonds. The van der Waals surface area contributed by atoms with E-state index < -0.39 is 47.7 Å². The fourth-order valence-electron chi connectivity index (χ4n) is 6.45. The lowest BCUT2D eigenvalue weighted by Gasteiger charge is -2.33. The van der Waals surface area contributed by atoms with Gasteiger partial charge in [-0.25, -0.2) is 4.79 Å². The van der Waals surface area contributed by atoms with Crippen molar-refractivity contribution in [3.63, 3.8) is 0 Å². The lowest BCUT2D eigenvalue weighted by molar-refractivity contribution is -0.143. The van der Waals surface area contributed by atoms with E-state index in [0.29, 0.717) is 32.1 Å². The van der Waals surface area contributed by atoms with E-state index in [9.17, 15) is 24.3 Å². The molecule has 2 saturated heterocycles. The van der Waals surface area contributed by atoms with Crippen molar-refractivity contribution in [2.45, 2.75) is 114 Å². The summed E-state index contributed by atoms with van der Waals surface area (Å²) in [6.45, 7) is 4.15. The molecule has 0 saturated carbocycles. The number of aliphatic hydroxyl groups is 1. The van der Waals surface area contributed by atoms with Gasteiger partial charge in [0.25, 0.3) is 0 Å². The third kappa shape index (κ3) is 8.79. The number of allylic oxidation sites excluding steroid dienone is 2. The Hall–Kier alpha value is -3.44. The number of fused-ring (bicyclic) bond motifs is 3. The number of benzene rings is 1. The zero-order chi connectivity index (χ0) is 31.0. The molecule has 0 spiro atoms. The Balaban J connectivity index is 1.57. The minimum Gasteiger partial charge on any atom is -0.445 e. The number of rotatable bonds is 5. The summed E-state index contributed by atoms with van der Waals surface area (Å²) in [5, 5.41) is 16.2. The van der Waals surface area contributed by atoms with Crippen molar-refractivity contribution in [1.82, 2.24) is 15.5 Å². The number of carbonyl (C=O) groups excluding carboxylic acids is 4. The molecule has 11 heteroatoms. The smallest absolute Gasteiger partial charge is 0.408 e. The molecule has 0 aromatic heterocycles. The molecule has 4 rings (SSSR count). The molecule has 11 nitrogen and oxygen atoms in total. The number of hydrogen-bond acceptors (Lipinski definition) is 7. The third-order valence-corrected chi connectivity index (χ3v) is 8.56. The molecule has 236 valence electrons. The number of nitrogens with one attached hydrogen (secondary N) is 2. The number of nitrogens with zero attached hydrogens (tertiary/aromatic N) is 1. The Labute approximate surface area is 253 Å². The maximum Gasteiger partial charge on any atom is 0.408 e. The van der Waals surface area contributed by atoms with E-state index in [-0.39, 0.29) is 31.1 Å². The molecule has 6 atom stereocenters. The van der Waals surface area contributed by atoms with Crippen molar-refractivity contribution in [2.24, 2.45) is 11.7 Å². The first-order valence-corrected chi connectivity index (χ1v) is 15.4. The minimum atomic E-state index is -1.56. The second-order valence-corrected chi connectivity index (χ2v) is 12.5. The number of carbonyl (C=O) groups is 4. The molecule has 3 aliphatic heterocycles. The third-order valence-electron chi connectivity index (χ3n) is 8.56. The summed E-state index contributed by atoms with van der Waals surface area (Å²) < 4.78 is 11.7. The molecule has 1 unspecified atom stereocenters. The van der Waals surface area contributed by atoms with Crippen molar-refractivity contribution in [2.75, 3.05) is 6.54 Å². The molecule has 0 radical (unpaired) electrons. The van der Waals surface area contributed by atoms with Gasteiger partial charge in [-0.3, -0.25) is 14.4 Å². The summed E-state index contributed by atoms with van der Waals surface area (Å²) in [5.41, 5.74) is 5.76. The number of ether oxygens (including phenoxy) is 2. The molecule has 43 heavy (non-hydrogen) atoms. The van der Waals surface area contributed by atoms with Crippen LogP contribution in [0.25, 0.3) is 0 Å². The van der Waals surface area contributed by atoms with Crippen molar-refractivity contribution >= 4 is 23.8 Å². The van der Waals surface area contributed by atoms with Gasteiger partial charge in [-0.2, -0.15) is 0 Å². The van der Waals surface area contributed by atoms with Crippen LogP contribution in [0, 0.1) is 5.92 Å². The summed E-state index contributed by atoms with van der Waals surface area (Å²) in [6, 6.07) is 6.57. The zero-order valence-corrected chi connectivity index (χ0v) is 25.2. The molecule has 0 aliphatic carbocycles. The fraction of sp³-hybridized carbons (Fsp3) is 0.625. The molecule has 0 bridgehead atoms. The molecular weight excluding hydrogens is 552 g/mol. The number of aliphatic hydroxyl groups excluding tert-OH is 1. The van der Waals surface area contributed by atoms with E-state index in [1.54, 1.807) is 0 Å². The van der Waals surface area contributed by atoms with E-state index in [1.165, 1.54) is 4.90 Å². The minimum absolute atomic E-state index is 0.0593. The molecule has 3 heterocycles. The van der Waals surface area contributed by atoms with Gasteiger partial charge in [0, 0.05) is 12.5 Å². The average molecular weight is 599 g/mol.